The Balaban J connectivity index is 1.73. The highest BCUT2D eigenvalue weighted by Crippen LogP contribution is 2.19. The molecule has 1 N–H and O–H groups in total. The maximum atomic E-state index is 12.8. The maximum Gasteiger partial charge on any atom is 0.243 e. The molecule has 0 bridgehead atoms. The number of amides is 1. The van der Waals surface area contributed by atoms with Crippen molar-refractivity contribution < 1.29 is 17.6 Å². The molecule has 5 nitrogen and oxygen atoms in total. The van der Waals surface area contributed by atoms with Gasteiger partial charge in [0, 0.05) is 23.5 Å². The quantitative estimate of drug-likeness (QED) is 0.489. The highest BCUT2D eigenvalue weighted by Gasteiger charge is 2.22. The first-order valence-corrected chi connectivity index (χ1v) is 11.0. The van der Waals surface area contributed by atoms with Crippen LogP contribution in [-0.4, -0.2) is 44.5 Å². The molecule has 0 spiro atoms. The lowest BCUT2D eigenvalue weighted by molar-refractivity contribution is -0.121. The lowest BCUT2D eigenvalue weighted by Gasteiger charge is -2.17. The standard InChI is InChI=1S/C18H20ClFN2O3S2/c1-22(27(24,25)17-9-3-14(19)4-10-17)13-18(23)21-11-2-12-26-16-7-5-15(20)6-8-16/h3-10H,2,11-13H2,1H3,(H,21,23). The van der Waals surface area contributed by atoms with E-state index in [0.29, 0.717) is 18.0 Å². The number of rotatable bonds is 9. The lowest BCUT2D eigenvalue weighted by Crippen LogP contribution is -2.38. The molecule has 0 fully saturated rings. The van der Waals surface area contributed by atoms with Crippen molar-refractivity contribution in [2.24, 2.45) is 0 Å². The van der Waals surface area contributed by atoms with Gasteiger partial charge in [0.2, 0.25) is 15.9 Å². The monoisotopic (exact) mass is 430 g/mol. The molecular formula is C18H20ClFN2O3S2. The molecule has 2 rings (SSSR count). The Morgan fingerprint density at radius 2 is 1.78 bits per heavy atom. The molecule has 2 aromatic rings. The van der Waals surface area contributed by atoms with Crippen LogP contribution in [0.1, 0.15) is 6.42 Å². The number of sulfonamides is 1. The average Bonchev–Trinajstić information content (AvgIpc) is 2.63. The first-order valence-electron chi connectivity index (χ1n) is 8.16. The summed E-state index contributed by atoms with van der Waals surface area (Å²) < 4.78 is 38.6. The van der Waals surface area contributed by atoms with Crippen LogP contribution in [0.3, 0.4) is 0 Å². The summed E-state index contributed by atoms with van der Waals surface area (Å²) in [6.45, 7) is 0.165. The predicted molar refractivity (Wildman–Crippen MR) is 106 cm³/mol. The van der Waals surface area contributed by atoms with Gasteiger partial charge in [-0.2, -0.15) is 4.31 Å². The van der Waals surface area contributed by atoms with Crippen molar-refractivity contribution in [1.82, 2.24) is 9.62 Å². The molecular weight excluding hydrogens is 411 g/mol. The number of halogens is 2. The third-order valence-electron chi connectivity index (χ3n) is 3.61. The van der Waals surface area contributed by atoms with Gasteiger partial charge in [-0.25, -0.2) is 12.8 Å². The van der Waals surface area contributed by atoms with Gasteiger partial charge < -0.3 is 5.32 Å². The van der Waals surface area contributed by atoms with Crippen LogP contribution in [0.2, 0.25) is 5.02 Å². The SMILES string of the molecule is CN(CC(=O)NCCCSc1ccc(F)cc1)S(=O)(=O)c1ccc(Cl)cc1. The highest BCUT2D eigenvalue weighted by atomic mass is 35.5. The second-order valence-corrected chi connectivity index (χ2v) is 9.37. The van der Waals surface area contributed by atoms with E-state index in [0.717, 1.165) is 15.0 Å². The van der Waals surface area contributed by atoms with Gasteiger partial charge in [-0.1, -0.05) is 11.6 Å². The van der Waals surface area contributed by atoms with Gasteiger partial charge in [0.25, 0.3) is 0 Å². The molecule has 9 heteroatoms. The summed E-state index contributed by atoms with van der Waals surface area (Å²) in [6, 6.07) is 12.0. The first-order chi connectivity index (χ1) is 12.8. The first kappa shape index (κ1) is 21.7. The summed E-state index contributed by atoms with van der Waals surface area (Å²) in [5, 5.41) is 3.14. The molecule has 0 atom stereocenters. The Morgan fingerprint density at radius 3 is 2.41 bits per heavy atom. The zero-order valence-corrected chi connectivity index (χ0v) is 17.1. The predicted octanol–water partition coefficient (Wildman–Crippen LogP) is 3.40. The van der Waals surface area contributed by atoms with E-state index in [9.17, 15) is 17.6 Å². The molecule has 0 aromatic heterocycles. The fraction of sp³-hybridized carbons (Fsp3) is 0.278. The number of likely N-dealkylation sites (N-methyl/N-ethyl adjacent to an activating group) is 1. The van der Waals surface area contributed by atoms with Crippen molar-refractivity contribution in [3.63, 3.8) is 0 Å². The van der Waals surface area contributed by atoms with Crippen molar-refractivity contribution >= 4 is 39.3 Å². The summed E-state index contributed by atoms with van der Waals surface area (Å²) in [6.07, 6.45) is 0.710. The maximum absolute atomic E-state index is 12.8. The van der Waals surface area contributed by atoms with Crippen LogP contribution in [0.5, 0.6) is 0 Å². The number of carbonyl (C=O) groups excluding carboxylic acids is 1. The van der Waals surface area contributed by atoms with Crippen molar-refractivity contribution in [3.8, 4) is 0 Å². The summed E-state index contributed by atoms with van der Waals surface area (Å²) in [4.78, 5) is 13.0. The topological polar surface area (TPSA) is 66.5 Å². The normalized spacial score (nSPS) is 11.6. The Bertz CT molecular complexity index is 859. The minimum absolute atomic E-state index is 0.0814. The zero-order chi connectivity index (χ0) is 19.9. The fourth-order valence-corrected chi connectivity index (χ4v) is 4.26. The molecule has 146 valence electrons. The fourth-order valence-electron chi connectivity index (χ4n) is 2.15. The van der Waals surface area contributed by atoms with Crippen LogP contribution < -0.4 is 5.32 Å². The Hall–Kier alpha value is -1.61. The van der Waals surface area contributed by atoms with E-state index in [1.54, 1.807) is 23.9 Å². The van der Waals surface area contributed by atoms with Gasteiger partial charge in [-0.05, 0) is 60.7 Å². The molecule has 0 heterocycles. The minimum Gasteiger partial charge on any atom is -0.355 e. The van der Waals surface area contributed by atoms with E-state index in [-0.39, 0.29) is 23.2 Å². The van der Waals surface area contributed by atoms with Crippen LogP contribution in [0, 0.1) is 5.82 Å². The van der Waals surface area contributed by atoms with Crippen LogP contribution in [0.15, 0.2) is 58.3 Å². The number of hydrogen-bond donors (Lipinski definition) is 1. The second kappa shape index (κ2) is 10.1. The second-order valence-electron chi connectivity index (χ2n) is 5.72. The summed E-state index contributed by atoms with van der Waals surface area (Å²) in [7, 11) is -2.39. The van der Waals surface area contributed by atoms with E-state index in [1.807, 2.05) is 0 Å². The molecule has 0 aliphatic carbocycles. The molecule has 27 heavy (non-hydrogen) atoms. The number of benzene rings is 2. The number of carbonyl (C=O) groups is 1. The molecule has 1 amide bonds. The number of hydrogen-bond acceptors (Lipinski definition) is 4. The highest BCUT2D eigenvalue weighted by molar-refractivity contribution is 7.99. The van der Waals surface area contributed by atoms with Gasteiger partial charge in [0.15, 0.2) is 0 Å². The Labute approximate surface area is 168 Å². The number of nitrogens with zero attached hydrogens (tertiary/aromatic N) is 1. The Morgan fingerprint density at radius 1 is 1.15 bits per heavy atom. The largest absolute Gasteiger partial charge is 0.355 e. The zero-order valence-electron chi connectivity index (χ0n) is 14.7. The average molecular weight is 431 g/mol. The summed E-state index contributed by atoms with van der Waals surface area (Å²) in [5.74, 6) is 0.108. The number of nitrogens with one attached hydrogen (secondary N) is 1. The molecule has 0 aliphatic heterocycles. The van der Waals surface area contributed by atoms with Crippen LogP contribution in [0.4, 0.5) is 4.39 Å². The van der Waals surface area contributed by atoms with Crippen molar-refractivity contribution in [1.29, 1.82) is 0 Å². The van der Waals surface area contributed by atoms with Gasteiger partial charge >= 0.3 is 0 Å². The molecule has 0 unspecified atom stereocenters. The smallest absolute Gasteiger partial charge is 0.243 e. The van der Waals surface area contributed by atoms with Crippen LogP contribution >= 0.6 is 23.4 Å². The van der Waals surface area contributed by atoms with Crippen molar-refractivity contribution in [2.45, 2.75) is 16.2 Å². The summed E-state index contributed by atoms with van der Waals surface area (Å²) in [5.41, 5.74) is 0. The molecule has 0 saturated carbocycles. The summed E-state index contributed by atoms with van der Waals surface area (Å²) >= 11 is 7.33. The van der Waals surface area contributed by atoms with Gasteiger partial charge in [-0.15, -0.1) is 11.8 Å². The molecule has 0 radical (unpaired) electrons. The van der Waals surface area contributed by atoms with E-state index < -0.39 is 10.0 Å². The van der Waals surface area contributed by atoms with Crippen LogP contribution in [0.25, 0.3) is 0 Å². The van der Waals surface area contributed by atoms with Gasteiger partial charge in [0.05, 0.1) is 11.4 Å². The Kier molecular flexibility index (Phi) is 8.09. The van der Waals surface area contributed by atoms with E-state index >= 15 is 0 Å². The van der Waals surface area contributed by atoms with Crippen LogP contribution in [-0.2, 0) is 14.8 Å². The van der Waals surface area contributed by atoms with E-state index in [2.05, 4.69) is 5.32 Å². The van der Waals surface area contributed by atoms with E-state index in [1.165, 1.54) is 43.4 Å². The third kappa shape index (κ3) is 6.80. The van der Waals surface area contributed by atoms with Crippen molar-refractivity contribution in [2.75, 3.05) is 25.9 Å². The third-order valence-corrected chi connectivity index (χ3v) is 6.78. The molecule has 0 aliphatic rings. The van der Waals surface area contributed by atoms with E-state index in [4.69, 9.17) is 11.6 Å². The molecule has 0 saturated heterocycles. The number of thioether (sulfide) groups is 1. The lowest BCUT2D eigenvalue weighted by atomic mass is 10.4. The minimum atomic E-state index is -3.75. The van der Waals surface area contributed by atoms with Gasteiger partial charge in [-0.3, -0.25) is 4.79 Å². The van der Waals surface area contributed by atoms with Crippen molar-refractivity contribution in [3.05, 3.63) is 59.4 Å². The van der Waals surface area contributed by atoms with Gasteiger partial charge in [0.1, 0.15) is 5.82 Å². The molecule has 2 aromatic carbocycles.